The number of likely N-dealkylation sites (N-methyl/N-ethyl adjacent to an activating group) is 1. The summed E-state index contributed by atoms with van der Waals surface area (Å²) in [5.74, 6) is 0.0101. The van der Waals surface area contributed by atoms with Crippen molar-refractivity contribution in [2.24, 2.45) is 0 Å². The number of nitrogens with zero attached hydrogens (tertiary/aromatic N) is 2. The maximum Gasteiger partial charge on any atom is 0.252 e. The normalized spacial score (nSPS) is 11.3. The lowest BCUT2D eigenvalue weighted by molar-refractivity contribution is -0.160. The van der Waals surface area contributed by atoms with Gasteiger partial charge in [0.1, 0.15) is 12.4 Å². The summed E-state index contributed by atoms with van der Waals surface area (Å²) in [6.07, 6.45) is 0. The number of amides is 1. The van der Waals surface area contributed by atoms with Crippen LogP contribution in [-0.2, 0) is 11.4 Å². The first-order chi connectivity index (χ1) is 14.0. The second kappa shape index (κ2) is 9.99. The minimum Gasteiger partial charge on any atom is -0.487 e. The molecule has 162 valence electrons. The van der Waals surface area contributed by atoms with Gasteiger partial charge in [0.15, 0.2) is 0 Å². The van der Waals surface area contributed by atoms with Crippen LogP contribution in [-0.4, -0.2) is 39.2 Å². The van der Waals surface area contributed by atoms with Gasteiger partial charge in [-0.15, -0.1) is 0 Å². The fourth-order valence-electron chi connectivity index (χ4n) is 3.37. The molecule has 0 saturated carbocycles. The smallest absolute Gasteiger partial charge is 0.252 e. The van der Waals surface area contributed by atoms with Crippen LogP contribution in [0.3, 0.4) is 0 Å². The number of carbonyl (C=O) groups is 1. The van der Waals surface area contributed by atoms with E-state index in [-0.39, 0.29) is 16.9 Å². The molecule has 5 N–H and O–H groups in total. The highest BCUT2D eigenvalue weighted by atomic mass is 16.5. The van der Waals surface area contributed by atoms with Crippen LogP contribution < -0.4 is 4.74 Å². The van der Waals surface area contributed by atoms with Crippen LogP contribution in [0.1, 0.15) is 24.1 Å². The van der Waals surface area contributed by atoms with Crippen LogP contribution in [0.2, 0.25) is 0 Å². The van der Waals surface area contributed by atoms with Gasteiger partial charge in [0.2, 0.25) is 0 Å². The van der Waals surface area contributed by atoms with E-state index in [4.69, 9.17) is 4.74 Å². The zero-order chi connectivity index (χ0) is 20.4. The topological polar surface area (TPSA) is 126 Å². The van der Waals surface area contributed by atoms with Gasteiger partial charge in [0.05, 0.1) is 17.1 Å². The average Bonchev–Trinajstić information content (AvgIpc) is 2.76. The number of hydrogen-bond acceptors (Lipinski definition) is 4. The molecule has 0 aliphatic heterocycles. The number of benzene rings is 3. The Morgan fingerprint density at radius 3 is 2.42 bits per heavy atom. The van der Waals surface area contributed by atoms with E-state index in [9.17, 15) is 10.0 Å². The number of hydroxylamine groups is 2. The van der Waals surface area contributed by atoms with Gasteiger partial charge in [-0.2, -0.15) is 0 Å². The summed E-state index contributed by atoms with van der Waals surface area (Å²) in [5.41, 5.74) is 2.69. The molecule has 1 atom stereocenters. The van der Waals surface area contributed by atoms with Gasteiger partial charge < -0.3 is 15.7 Å². The van der Waals surface area contributed by atoms with Gasteiger partial charge in [-0.3, -0.25) is 10.0 Å². The molecule has 3 aromatic carbocycles. The van der Waals surface area contributed by atoms with E-state index in [1.807, 2.05) is 66.7 Å². The lowest BCUT2D eigenvalue weighted by Gasteiger charge is -2.16. The van der Waals surface area contributed by atoms with Crippen molar-refractivity contribution in [3.8, 4) is 5.75 Å². The molecule has 0 aliphatic rings. The number of pyridine rings is 1. The minimum absolute atomic E-state index is 0. The SMILES string of the molecule is CC(C(=O)N(C)O)c1ccc2cc(OCc3ccc4ccccc4n3)ccc2c1.O.O. The highest BCUT2D eigenvalue weighted by Crippen LogP contribution is 2.26. The number of rotatable bonds is 5. The Morgan fingerprint density at radius 1 is 0.968 bits per heavy atom. The quantitative estimate of drug-likeness (QED) is 0.391. The lowest BCUT2D eigenvalue weighted by atomic mass is 9.97. The second-order valence-electron chi connectivity index (χ2n) is 7.14. The molecule has 0 aliphatic carbocycles. The first kappa shape index (κ1) is 23.8. The van der Waals surface area contributed by atoms with Crippen LogP contribution in [0.5, 0.6) is 5.75 Å². The van der Waals surface area contributed by atoms with E-state index in [1.165, 1.54) is 7.05 Å². The van der Waals surface area contributed by atoms with Crippen molar-refractivity contribution in [2.45, 2.75) is 19.4 Å². The Hall–Kier alpha value is -3.52. The van der Waals surface area contributed by atoms with Crippen LogP contribution in [0.4, 0.5) is 0 Å². The molecule has 4 rings (SSSR count). The zero-order valence-corrected chi connectivity index (χ0v) is 17.4. The molecule has 7 heteroatoms. The highest BCUT2D eigenvalue weighted by molar-refractivity contribution is 5.88. The largest absolute Gasteiger partial charge is 0.487 e. The summed E-state index contributed by atoms with van der Waals surface area (Å²) >= 11 is 0. The summed E-state index contributed by atoms with van der Waals surface area (Å²) in [6, 6.07) is 23.7. The van der Waals surface area contributed by atoms with E-state index in [2.05, 4.69) is 11.1 Å². The van der Waals surface area contributed by atoms with Gasteiger partial charge in [0, 0.05) is 12.4 Å². The summed E-state index contributed by atoms with van der Waals surface area (Å²) in [5, 5.41) is 13.2. The van der Waals surface area contributed by atoms with E-state index in [0.717, 1.165) is 38.7 Å². The molecule has 31 heavy (non-hydrogen) atoms. The third-order valence-electron chi connectivity index (χ3n) is 5.07. The predicted octanol–water partition coefficient (Wildman–Crippen LogP) is 3.27. The molecular weight excluding hydrogens is 396 g/mol. The van der Waals surface area contributed by atoms with Gasteiger partial charge in [-0.25, -0.2) is 10.0 Å². The van der Waals surface area contributed by atoms with Crippen LogP contribution in [0.25, 0.3) is 21.7 Å². The molecule has 0 radical (unpaired) electrons. The molecular formula is C24H26N2O5. The highest BCUT2D eigenvalue weighted by Gasteiger charge is 2.18. The van der Waals surface area contributed by atoms with Gasteiger partial charge >= 0.3 is 0 Å². The molecule has 0 spiro atoms. The summed E-state index contributed by atoms with van der Waals surface area (Å²) in [6.45, 7) is 2.17. The van der Waals surface area contributed by atoms with Crippen molar-refractivity contribution in [3.05, 3.63) is 84.1 Å². The summed E-state index contributed by atoms with van der Waals surface area (Å²) in [7, 11) is 1.34. The van der Waals surface area contributed by atoms with Crippen LogP contribution in [0, 0.1) is 0 Å². The Morgan fingerprint density at radius 2 is 1.65 bits per heavy atom. The van der Waals surface area contributed by atoms with E-state index < -0.39 is 5.92 Å². The number of aromatic nitrogens is 1. The van der Waals surface area contributed by atoms with Gasteiger partial charge in [-0.1, -0.05) is 48.5 Å². The molecule has 1 aromatic heterocycles. The third kappa shape index (κ3) is 5.16. The summed E-state index contributed by atoms with van der Waals surface area (Å²) in [4.78, 5) is 16.6. The first-order valence-corrected chi connectivity index (χ1v) is 9.49. The van der Waals surface area contributed by atoms with E-state index in [1.54, 1.807) is 6.92 Å². The minimum atomic E-state index is -0.413. The van der Waals surface area contributed by atoms with Crippen molar-refractivity contribution >= 4 is 27.6 Å². The molecule has 4 aromatic rings. The Labute approximate surface area is 180 Å². The fourth-order valence-corrected chi connectivity index (χ4v) is 3.37. The fraction of sp³-hybridized carbons (Fsp3) is 0.167. The third-order valence-corrected chi connectivity index (χ3v) is 5.07. The number of hydrogen-bond donors (Lipinski definition) is 1. The Kier molecular flexibility index (Phi) is 7.66. The Bertz CT molecular complexity index is 1190. The molecule has 0 bridgehead atoms. The molecule has 1 heterocycles. The summed E-state index contributed by atoms with van der Waals surface area (Å²) < 4.78 is 5.94. The van der Waals surface area contributed by atoms with Crippen molar-refractivity contribution in [3.63, 3.8) is 0 Å². The van der Waals surface area contributed by atoms with Crippen LogP contribution in [0.15, 0.2) is 72.8 Å². The predicted molar refractivity (Wildman–Crippen MR) is 120 cm³/mol. The molecule has 0 fully saturated rings. The average molecular weight is 422 g/mol. The monoisotopic (exact) mass is 422 g/mol. The van der Waals surface area contributed by atoms with E-state index >= 15 is 0 Å². The lowest BCUT2D eigenvalue weighted by Crippen LogP contribution is -2.27. The Balaban J connectivity index is 0.00000171. The van der Waals surface area contributed by atoms with Crippen molar-refractivity contribution in [1.82, 2.24) is 10.0 Å². The standard InChI is InChI=1S/C24H22N2O3.2H2O/c1-16(24(27)26(2)28)18-7-8-20-14-22(12-10-19(20)13-18)29-15-21-11-9-17-5-3-4-6-23(17)25-21;;/h3-14,16,28H,15H2,1-2H3;2*1H2. The number of carbonyl (C=O) groups excluding carboxylic acids is 1. The van der Waals surface area contributed by atoms with E-state index in [0.29, 0.717) is 11.7 Å². The number of fused-ring (bicyclic) bond motifs is 2. The van der Waals surface area contributed by atoms with Crippen molar-refractivity contribution in [2.75, 3.05) is 7.05 Å². The van der Waals surface area contributed by atoms with Gasteiger partial charge in [-0.05, 0) is 47.5 Å². The second-order valence-corrected chi connectivity index (χ2v) is 7.14. The maximum atomic E-state index is 12.0. The number of ether oxygens (including phenoxy) is 1. The molecule has 7 nitrogen and oxygen atoms in total. The molecule has 0 saturated heterocycles. The van der Waals surface area contributed by atoms with Crippen molar-refractivity contribution in [1.29, 1.82) is 0 Å². The number of para-hydroxylation sites is 1. The van der Waals surface area contributed by atoms with Crippen molar-refractivity contribution < 1.29 is 25.7 Å². The van der Waals surface area contributed by atoms with Crippen LogP contribution >= 0.6 is 0 Å². The zero-order valence-electron chi connectivity index (χ0n) is 17.4. The first-order valence-electron chi connectivity index (χ1n) is 9.49. The molecule has 1 unspecified atom stereocenters. The molecule has 1 amide bonds. The maximum absolute atomic E-state index is 12.0. The van der Waals surface area contributed by atoms with Gasteiger partial charge in [0.25, 0.3) is 5.91 Å².